The molecule has 0 spiro atoms. The third kappa shape index (κ3) is 2.91. The summed E-state index contributed by atoms with van der Waals surface area (Å²) < 4.78 is 0. The third-order valence-corrected chi connectivity index (χ3v) is 4.88. The summed E-state index contributed by atoms with van der Waals surface area (Å²) in [5.41, 5.74) is -0.514. The number of carboxylic acids is 1. The van der Waals surface area contributed by atoms with Gasteiger partial charge in [-0.1, -0.05) is 6.42 Å². The van der Waals surface area contributed by atoms with Crippen molar-refractivity contribution in [2.45, 2.75) is 38.1 Å². The first-order valence-electron chi connectivity index (χ1n) is 7.81. The molecule has 7 heteroatoms. The Labute approximate surface area is 133 Å². The number of amides is 1. The predicted octanol–water partition coefficient (Wildman–Crippen LogP) is 2.70. The van der Waals surface area contributed by atoms with Crippen molar-refractivity contribution in [1.29, 1.82) is 0 Å². The van der Waals surface area contributed by atoms with Gasteiger partial charge in [-0.05, 0) is 37.7 Å². The minimum Gasteiger partial charge on any atom is -0.478 e. The van der Waals surface area contributed by atoms with Crippen LogP contribution < -0.4 is 0 Å². The molecule has 1 aromatic carbocycles. The van der Waals surface area contributed by atoms with E-state index in [1.807, 2.05) is 0 Å². The number of non-ortho nitro benzene ring substituents is 1. The molecule has 1 saturated carbocycles. The van der Waals surface area contributed by atoms with Crippen molar-refractivity contribution < 1.29 is 19.6 Å². The molecule has 1 saturated heterocycles. The summed E-state index contributed by atoms with van der Waals surface area (Å²) in [5.74, 6) is -1.07. The molecule has 2 fully saturated rings. The molecule has 0 aromatic heterocycles. The predicted molar refractivity (Wildman–Crippen MR) is 81.5 cm³/mol. The number of nitro benzene ring substituents is 1. The highest BCUT2D eigenvalue weighted by Crippen LogP contribution is 2.37. The van der Waals surface area contributed by atoms with Crippen LogP contribution in [0.5, 0.6) is 0 Å². The summed E-state index contributed by atoms with van der Waals surface area (Å²) >= 11 is 0. The first-order chi connectivity index (χ1) is 11.0. The average Bonchev–Trinajstić information content (AvgIpc) is 3.02. The Bertz CT molecular complexity index is 640. The lowest BCUT2D eigenvalue weighted by Crippen LogP contribution is -2.46. The SMILES string of the molecule is O=C(O)c1cc(C(=O)N2CCCC3CCCC32)cc([N+](=O)[O-])c1. The largest absolute Gasteiger partial charge is 0.478 e. The summed E-state index contributed by atoms with van der Waals surface area (Å²) in [7, 11) is 0. The number of carboxylic acid groups (broad SMARTS) is 1. The molecular formula is C16H18N2O5. The van der Waals surface area contributed by atoms with Crippen molar-refractivity contribution in [3.05, 3.63) is 39.4 Å². The second-order valence-corrected chi connectivity index (χ2v) is 6.23. The van der Waals surface area contributed by atoms with Gasteiger partial charge in [0.15, 0.2) is 0 Å². The number of nitro groups is 1. The zero-order chi connectivity index (χ0) is 16.6. The monoisotopic (exact) mass is 318 g/mol. The number of hydrogen-bond acceptors (Lipinski definition) is 4. The van der Waals surface area contributed by atoms with Crippen LogP contribution in [0.4, 0.5) is 5.69 Å². The number of nitrogens with zero attached hydrogens (tertiary/aromatic N) is 2. The molecule has 7 nitrogen and oxygen atoms in total. The highest BCUT2D eigenvalue weighted by atomic mass is 16.6. The fourth-order valence-electron chi connectivity index (χ4n) is 3.84. The molecule has 0 radical (unpaired) electrons. The molecule has 2 atom stereocenters. The van der Waals surface area contributed by atoms with Gasteiger partial charge in [-0.2, -0.15) is 0 Å². The molecule has 1 aliphatic heterocycles. The number of hydrogen-bond donors (Lipinski definition) is 1. The summed E-state index contributed by atoms with van der Waals surface area (Å²) in [6, 6.07) is 3.57. The van der Waals surface area contributed by atoms with Crippen LogP contribution in [-0.4, -0.2) is 39.4 Å². The lowest BCUT2D eigenvalue weighted by molar-refractivity contribution is -0.384. The van der Waals surface area contributed by atoms with Gasteiger partial charge in [-0.15, -0.1) is 0 Å². The topological polar surface area (TPSA) is 101 Å². The van der Waals surface area contributed by atoms with Crippen LogP contribution in [0.1, 0.15) is 52.8 Å². The molecule has 1 N–H and O–H groups in total. The van der Waals surface area contributed by atoms with E-state index in [4.69, 9.17) is 5.11 Å². The van der Waals surface area contributed by atoms with Gasteiger partial charge in [0.25, 0.3) is 11.6 Å². The average molecular weight is 318 g/mol. The van der Waals surface area contributed by atoms with Gasteiger partial charge in [0, 0.05) is 30.3 Å². The van der Waals surface area contributed by atoms with Crippen LogP contribution >= 0.6 is 0 Å². The standard InChI is InChI=1S/C16H18N2O5/c19-15(17-6-2-4-10-3-1-5-14(10)17)11-7-12(16(20)21)9-13(8-11)18(22)23/h7-10,14H,1-6H2,(H,20,21). The summed E-state index contributed by atoms with van der Waals surface area (Å²) in [6.07, 6.45) is 5.20. The molecular weight excluding hydrogens is 300 g/mol. The smallest absolute Gasteiger partial charge is 0.335 e. The quantitative estimate of drug-likeness (QED) is 0.682. The van der Waals surface area contributed by atoms with Gasteiger partial charge >= 0.3 is 5.97 Å². The number of piperidine rings is 1. The van der Waals surface area contributed by atoms with Crippen LogP contribution in [0.2, 0.25) is 0 Å². The van der Waals surface area contributed by atoms with Crippen LogP contribution in [0, 0.1) is 16.0 Å². The van der Waals surface area contributed by atoms with Crippen LogP contribution in [-0.2, 0) is 0 Å². The number of carbonyl (C=O) groups is 2. The highest BCUT2D eigenvalue weighted by Gasteiger charge is 2.38. The second kappa shape index (κ2) is 5.98. The molecule has 2 aliphatic rings. The van der Waals surface area contributed by atoms with Gasteiger partial charge < -0.3 is 10.0 Å². The van der Waals surface area contributed by atoms with E-state index in [-0.39, 0.29) is 28.8 Å². The first-order valence-corrected chi connectivity index (χ1v) is 7.81. The third-order valence-electron chi connectivity index (χ3n) is 4.88. The number of aromatic carboxylic acids is 1. The van der Waals surface area contributed by atoms with Crippen molar-refractivity contribution in [3.8, 4) is 0 Å². The van der Waals surface area contributed by atoms with Gasteiger partial charge in [0.2, 0.25) is 0 Å². The Morgan fingerprint density at radius 1 is 1.13 bits per heavy atom. The lowest BCUT2D eigenvalue weighted by Gasteiger charge is -2.37. The molecule has 2 unspecified atom stereocenters. The molecule has 3 rings (SSSR count). The fraction of sp³-hybridized carbons (Fsp3) is 0.500. The van der Waals surface area contributed by atoms with E-state index in [0.717, 1.165) is 38.2 Å². The fourth-order valence-corrected chi connectivity index (χ4v) is 3.84. The number of carbonyl (C=O) groups excluding carboxylic acids is 1. The summed E-state index contributed by atoms with van der Waals surface area (Å²) in [4.78, 5) is 36.1. The zero-order valence-electron chi connectivity index (χ0n) is 12.6. The normalized spacial score (nSPS) is 23.4. The molecule has 122 valence electrons. The van der Waals surface area contributed by atoms with E-state index in [0.29, 0.717) is 12.5 Å². The van der Waals surface area contributed by atoms with E-state index in [1.165, 1.54) is 12.1 Å². The van der Waals surface area contributed by atoms with Crippen molar-refractivity contribution in [2.24, 2.45) is 5.92 Å². The van der Waals surface area contributed by atoms with Gasteiger partial charge in [0.1, 0.15) is 0 Å². The van der Waals surface area contributed by atoms with E-state index in [1.54, 1.807) is 4.90 Å². The van der Waals surface area contributed by atoms with Crippen molar-refractivity contribution >= 4 is 17.6 Å². The Morgan fingerprint density at radius 3 is 2.52 bits per heavy atom. The number of rotatable bonds is 3. The summed E-state index contributed by atoms with van der Waals surface area (Å²) in [5, 5.41) is 20.1. The number of likely N-dealkylation sites (tertiary alicyclic amines) is 1. The Kier molecular flexibility index (Phi) is 4.02. The van der Waals surface area contributed by atoms with E-state index >= 15 is 0 Å². The molecule has 1 aromatic rings. The zero-order valence-corrected chi connectivity index (χ0v) is 12.6. The van der Waals surface area contributed by atoms with Crippen molar-refractivity contribution in [3.63, 3.8) is 0 Å². The maximum atomic E-state index is 12.8. The molecule has 23 heavy (non-hydrogen) atoms. The van der Waals surface area contributed by atoms with Crippen LogP contribution in [0.25, 0.3) is 0 Å². The highest BCUT2D eigenvalue weighted by molar-refractivity contribution is 5.98. The van der Waals surface area contributed by atoms with Crippen molar-refractivity contribution in [2.75, 3.05) is 6.54 Å². The molecule has 1 heterocycles. The molecule has 1 amide bonds. The van der Waals surface area contributed by atoms with Gasteiger partial charge in [-0.25, -0.2) is 4.79 Å². The Hall–Kier alpha value is -2.44. The number of benzene rings is 1. The lowest BCUT2D eigenvalue weighted by atomic mass is 9.91. The van der Waals surface area contributed by atoms with Crippen LogP contribution in [0.3, 0.4) is 0 Å². The second-order valence-electron chi connectivity index (χ2n) is 6.23. The minimum absolute atomic E-state index is 0.0872. The Morgan fingerprint density at radius 2 is 1.83 bits per heavy atom. The van der Waals surface area contributed by atoms with E-state index < -0.39 is 10.9 Å². The maximum absolute atomic E-state index is 12.8. The first kappa shape index (κ1) is 15.5. The van der Waals surface area contributed by atoms with Gasteiger partial charge in [-0.3, -0.25) is 14.9 Å². The van der Waals surface area contributed by atoms with E-state index in [9.17, 15) is 19.7 Å². The summed E-state index contributed by atoms with van der Waals surface area (Å²) in [6.45, 7) is 0.630. The maximum Gasteiger partial charge on any atom is 0.335 e. The molecule has 0 bridgehead atoms. The van der Waals surface area contributed by atoms with Crippen molar-refractivity contribution in [1.82, 2.24) is 4.90 Å². The van der Waals surface area contributed by atoms with E-state index in [2.05, 4.69) is 0 Å². The van der Waals surface area contributed by atoms with Crippen LogP contribution in [0.15, 0.2) is 18.2 Å². The number of fused-ring (bicyclic) bond motifs is 1. The minimum atomic E-state index is -1.28. The Balaban J connectivity index is 1.95. The van der Waals surface area contributed by atoms with Gasteiger partial charge in [0.05, 0.1) is 10.5 Å². The molecule has 1 aliphatic carbocycles.